The number of nitrogens with zero attached hydrogens (tertiary/aromatic N) is 2. The van der Waals surface area contributed by atoms with Crippen LogP contribution in [0.1, 0.15) is 19.4 Å². The maximum atomic E-state index is 13.0. The number of anilines is 2. The van der Waals surface area contributed by atoms with Crippen molar-refractivity contribution in [3.63, 3.8) is 0 Å². The number of carbonyl (C=O) groups is 1. The van der Waals surface area contributed by atoms with Gasteiger partial charge in [-0.2, -0.15) is 13.2 Å². The average Bonchev–Trinajstić information content (AvgIpc) is 2.49. The van der Waals surface area contributed by atoms with Gasteiger partial charge in [-0.25, -0.2) is 4.98 Å². The van der Waals surface area contributed by atoms with Crippen LogP contribution in [-0.4, -0.2) is 26.7 Å². The molecular weight excluding hydrogens is 424 g/mol. The maximum Gasteiger partial charge on any atom is 0.416 e. The van der Waals surface area contributed by atoms with Crippen molar-refractivity contribution in [2.45, 2.75) is 32.6 Å². The first-order chi connectivity index (χ1) is 12.0. The third kappa shape index (κ3) is 6.03. The number of hydrogen-bond donors (Lipinski definition) is 3. The molecule has 0 fully saturated rings. The van der Waals surface area contributed by atoms with E-state index >= 15 is 0 Å². The summed E-state index contributed by atoms with van der Waals surface area (Å²) in [7, 11) is 0. The lowest BCUT2D eigenvalue weighted by Crippen LogP contribution is -2.30. The van der Waals surface area contributed by atoms with Gasteiger partial charge in [0.1, 0.15) is 6.54 Å². The van der Waals surface area contributed by atoms with Gasteiger partial charge >= 0.3 is 12.1 Å². The summed E-state index contributed by atoms with van der Waals surface area (Å²) in [5.74, 6) is -1.42. The standard InChI is InChI=1S/C16H17F3N4O3.2ClH/c1-8(2)22-14-15(26)23(7-13(24)25)12(6-21-14)9-3-10(16(17,18)19)5-11(20)4-9;;/h3-6,8H,7,20H2,1-2H3,(H,21,22)(H,24,25);2*1H. The molecule has 4 N–H and O–H groups in total. The van der Waals surface area contributed by atoms with Gasteiger partial charge in [0.25, 0.3) is 5.56 Å². The predicted octanol–water partition coefficient (Wildman–Crippen LogP) is 3.26. The highest BCUT2D eigenvalue weighted by Gasteiger charge is 2.31. The Bertz CT molecular complexity index is 902. The number of nitrogen functional groups attached to an aromatic ring is 1. The molecule has 2 aromatic rings. The molecule has 0 saturated carbocycles. The van der Waals surface area contributed by atoms with Crippen LogP contribution < -0.4 is 16.6 Å². The number of alkyl halides is 3. The first-order valence-corrected chi connectivity index (χ1v) is 7.55. The lowest BCUT2D eigenvalue weighted by molar-refractivity contribution is -0.138. The van der Waals surface area contributed by atoms with E-state index in [4.69, 9.17) is 10.8 Å². The van der Waals surface area contributed by atoms with E-state index in [-0.39, 0.29) is 53.6 Å². The Labute approximate surface area is 170 Å². The molecule has 0 radical (unpaired) electrons. The van der Waals surface area contributed by atoms with E-state index in [1.54, 1.807) is 13.8 Å². The van der Waals surface area contributed by atoms with Gasteiger partial charge in [-0.15, -0.1) is 24.8 Å². The molecule has 1 aromatic carbocycles. The van der Waals surface area contributed by atoms with Crippen molar-refractivity contribution in [1.29, 1.82) is 0 Å². The first-order valence-electron chi connectivity index (χ1n) is 7.55. The van der Waals surface area contributed by atoms with Crippen LogP contribution >= 0.6 is 24.8 Å². The van der Waals surface area contributed by atoms with Crippen molar-refractivity contribution in [3.05, 3.63) is 40.3 Å². The van der Waals surface area contributed by atoms with Crippen LogP contribution in [0.2, 0.25) is 0 Å². The van der Waals surface area contributed by atoms with E-state index in [1.165, 1.54) is 6.07 Å². The minimum Gasteiger partial charge on any atom is -0.480 e. The largest absolute Gasteiger partial charge is 0.480 e. The molecule has 0 aliphatic carbocycles. The zero-order valence-electron chi connectivity index (χ0n) is 14.8. The van der Waals surface area contributed by atoms with Crippen LogP contribution in [-0.2, 0) is 17.5 Å². The van der Waals surface area contributed by atoms with E-state index in [2.05, 4.69) is 10.3 Å². The summed E-state index contributed by atoms with van der Waals surface area (Å²) in [6, 6.07) is 2.62. The van der Waals surface area contributed by atoms with E-state index in [0.717, 1.165) is 22.9 Å². The summed E-state index contributed by atoms with van der Waals surface area (Å²) < 4.78 is 39.9. The minimum absolute atomic E-state index is 0. The minimum atomic E-state index is -4.64. The molecule has 0 atom stereocenters. The topological polar surface area (TPSA) is 110 Å². The highest BCUT2D eigenvalue weighted by Crippen LogP contribution is 2.34. The lowest BCUT2D eigenvalue weighted by atomic mass is 10.1. The number of aliphatic carboxylic acids is 1. The Kier molecular flexibility index (Phi) is 8.80. The van der Waals surface area contributed by atoms with Gasteiger partial charge in [0.15, 0.2) is 5.82 Å². The maximum absolute atomic E-state index is 13.0. The molecule has 0 saturated heterocycles. The number of benzene rings is 1. The highest BCUT2D eigenvalue weighted by atomic mass is 35.5. The zero-order valence-corrected chi connectivity index (χ0v) is 16.4. The summed E-state index contributed by atoms with van der Waals surface area (Å²) in [6.07, 6.45) is -3.50. The van der Waals surface area contributed by atoms with Gasteiger partial charge in [0, 0.05) is 17.3 Å². The molecule has 0 unspecified atom stereocenters. The van der Waals surface area contributed by atoms with Crippen molar-refractivity contribution < 1.29 is 23.1 Å². The van der Waals surface area contributed by atoms with E-state index in [0.29, 0.717) is 0 Å². The Balaban J connectivity index is 0.00000364. The van der Waals surface area contributed by atoms with Crippen molar-refractivity contribution >= 4 is 42.3 Å². The molecule has 28 heavy (non-hydrogen) atoms. The second-order valence-electron chi connectivity index (χ2n) is 5.92. The van der Waals surface area contributed by atoms with Crippen LogP contribution in [0.4, 0.5) is 24.7 Å². The Morgan fingerprint density at radius 2 is 1.89 bits per heavy atom. The van der Waals surface area contributed by atoms with Gasteiger partial charge in [-0.05, 0) is 32.0 Å². The number of hydrogen-bond acceptors (Lipinski definition) is 5. The number of aromatic nitrogens is 2. The second kappa shape index (κ2) is 9.65. The molecule has 0 spiro atoms. The Morgan fingerprint density at radius 1 is 1.29 bits per heavy atom. The molecule has 0 bridgehead atoms. The van der Waals surface area contributed by atoms with Crippen molar-refractivity contribution in [2.24, 2.45) is 0 Å². The first kappa shape index (κ1) is 25.5. The second-order valence-corrected chi connectivity index (χ2v) is 5.92. The molecule has 1 aromatic heterocycles. The van der Waals surface area contributed by atoms with Crippen LogP contribution in [0, 0.1) is 0 Å². The van der Waals surface area contributed by atoms with Crippen LogP contribution in [0.5, 0.6) is 0 Å². The number of halogens is 5. The van der Waals surface area contributed by atoms with Crippen LogP contribution in [0.15, 0.2) is 29.2 Å². The monoisotopic (exact) mass is 442 g/mol. The van der Waals surface area contributed by atoms with Crippen LogP contribution in [0.3, 0.4) is 0 Å². The Morgan fingerprint density at radius 3 is 2.39 bits per heavy atom. The lowest BCUT2D eigenvalue weighted by Gasteiger charge is -2.16. The number of nitrogens with one attached hydrogen (secondary N) is 1. The van der Waals surface area contributed by atoms with E-state index < -0.39 is 29.8 Å². The van der Waals surface area contributed by atoms with Crippen molar-refractivity contribution in [1.82, 2.24) is 9.55 Å². The van der Waals surface area contributed by atoms with Gasteiger partial charge in [-0.3, -0.25) is 14.2 Å². The summed E-state index contributed by atoms with van der Waals surface area (Å²) >= 11 is 0. The van der Waals surface area contributed by atoms with Gasteiger partial charge in [0.2, 0.25) is 0 Å². The molecule has 0 aliphatic heterocycles. The van der Waals surface area contributed by atoms with Gasteiger partial charge < -0.3 is 16.2 Å². The predicted molar refractivity (Wildman–Crippen MR) is 104 cm³/mol. The molecule has 1 heterocycles. The summed E-state index contributed by atoms with van der Waals surface area (Å²) in [5, 5.41) is 11.8. The fourth-order valence-corrected chi connectivity index (χ4v) is 2.35. The quantitative estimate of drug-likeness (QED) is 0.612. The highest BCUT2D eigenvalue weighted by molar-refractivity contribution is 5.85. The van der Waals surface area contributed by atoms with Crippen molar-refractivity contribution in [3.8, 4) is 11.3 Å². The molecular formula is C16H19Cl2F3N4O3. The van der Waals surface area contributed by atoms with E-state index in [9.17, 15) is 22.8 Å². The normalized spacial score (nSPS) is 10.8. The molecule has 7 nitrogen and oxygen atoms in total. The fraction of sp³-hybridized carbons (Fsp3) is 0.312. The van der Waals surface area contributed by atoms with Crippen LogP contribution in [0.25, 0.3) is 11.3 Å². The van der Waals surface area contributed by atoms with Gasteiger partial charge in [-0.1, -0.05) is 0 Å². The summed E-state index contributed by atoms with van der Waals surface area (Å²) in [6.45, 7) is 2.77. The molecule has 0 amide bonds. The van der Waals surface area contributed by atoms with Crippen molar-refractivity contribution in [2.75, 3.05) is 11.1 Å². The summed E-state index contributed by atoms with van der Waals surface area (Å²) in [4.78, 5) is 27.6. The fourth-order valence-electron chi connectivity index (χ4n) is 2.35. The Hall–Kier alpha value is -2.46. The third-order valence-corrected chi connectivity index (χ3v) is 3.35. The molecule has 156 valence electrons. The molecule has 0 aliphatic rings. The third-order valence-electron chi connectivity index (χ3n) is 3.35. The number of carboxylic acid groups (broad SMARTS) is 1. The zero-order chi connectivity index (χ0) is 19.6. The smallest absolute Gasteiger partial charge is 0.416 e. The SMILES string of the molecule is CC(C)Nc1ncc(-c2cc(N)cc(C(F)(F)F)c2)n(CC(=O)O)c1=O.Cl.Cl. The molecule has 2 rings (SSSR count). The number of carboxylic acids is 1. The molecule has 12 heteroatoms. The average molecular weight is 443 g/mol. The summed E-state index contributed by atoms with van der Waals surface area (Å²) in [5.41, 5.74) is 3.47. The number of rotatable bonds is 5. The number of nitrogens with two attached hydrogens (primary N) is 1. The van der Waals surface area contributed by atoms with E-state index in [1.807, 2.05) is 0 Å². The van der Waals surface area contributed by atoms with Gasteiger partial charge in [0.05, 0.1) is 17.5 Å².